The van der Waals surface area contributed by atoms with Crippen LogP contribution < -0.4 is 9.44 Å². The molecule has 6 nitrogen and oxygen atoms in total. The van der Waals surface area contributed by atoms with Gasteiger partial charge < -0.3 is 0 Å². The van der Waals surface area contributed by atoms with Gasteiger partial charge in [-0.15, -0.1) is 0 Å². The van der Waals surface area contributed by atoms with E-state index in [9.17, 15) is 16.8 Å². The number of hydrogen-bond acceptors (Lipinski definition) is 4. The zero-order chi connectivity index (χ0) is 16.8. The molecule has 0 aromatic carbocycles. The maximum Gasteiger partial charge on any atom is 0.213 e. The highest BCUT2D eigenvalue weighted by molar-refractivity contribution is 7.90. The highest BCUT2D eigenvalue weighted by Gasteiger charge is 2.61. The minimum absolute atomic E-state index is 0.0202. The second kappa shape index (κ2) is 5.72. The molecule has 2 rings (SSSR count). The van der Waals surface area contributed by atoms with Crippen molar-refractivity contribution in [2.24, 2.45) is 16.7 Å². The van der Waals surface area contributed by atoms with Crippen LogP contribution >= 0.6 is 0 Å². The van der Waals surface area contributed by atoms with E-state index in [0.29, 0.717) is 5.92 Å². The number of fused-ring (bicyclic) bond motifs is 2. The molecule has 0 amide bonds. The summed E-state index contributed by atoms with van der Waals surface area (Å²) in [6.45, 7) is 8.07. The SMILES string of the molecule is CCS(=O)(=O)NCCS(=O)(=O)NC1CC2CCC1(C)C2(C)C. The molecule has 0 aromatic rings. The fourth-order valence-corrected chi connectivity index (χ4v) is 6.12. The first-order chi connectivity index (χ1) is 9.94. The van der Waals surface area contributed by atoms with Crippen LogP contribution in [0.1, 0.15) is 47.0 Å². The summed E-state index contributed by atoms with van der Waals surface area (Å²) in [5.41, 5.74) is 0.123. The molecule has 2 N–H and O–H groups in total. The molecule has 130 valence electrons. The first kappa shape index (κ1) is 18.2. The number of hydrogen-bond donors (Lipinski definition) is 2. The lowest BCUT2D eigenvalue weighted by Gasteiger charge is -2.39. The molecule has 2 aliphatic rings. The Kier molecular flexibility index (Phi) is 4.72. The summed E-state index contributed by atoms with van der Waals surface area (Å²) in [5.74, 6) is 0.296. The lowest BCUT2D eigenvalue weighted by molar-refractivity contribution is 0.130. The third-order valence-electron chi connectivity index (χ3n) is 6.19. The second-order valence-electron chi connectivity index (χ2n) is 7.40. The van der Waals surface area contributed by atoms with Crippen molar-refractivity contribution in [3.8, 4) is 0 Å². The molecular weight excluding hydrogens is 324 g/mol. The molecule has 3 unspecified atom stereocenters. The Morgan fingerprint density at radius 3 is 2.18 bits per heavy atom. The molecule has 22 heavy (non-hydrogen) atoms. The lowest BCUT2D eigenvalue weighted by atomic mass is 9.69. The van der Waals surface area contributed by atoms with Gasteiger partial charge in [0.1, 0.15) is 0 Å². The summed E-state index contributed by atoms with van der Waals surface area (Å²) < 4.78 is 52.3. The first-order valence-corrected chi connectivity index (χ1v) is 11.2. The molecule has 2 saturated carbocycles. The Morgan fingerprint density at radius 2 is 1.73 bits per heavy atom. The van der Waals surface area contributed by atoms with E-state index in [0.717, 1.165) is 19.3 Å². The van der Waals surface area contributed by atoms with Gasteiger partial charge in [-0.25, -0.2) is 26.3 Å². The second-order valence-corrected chi connectivity index (χ2v) is 11.4. The zero-order valence-corrected chi connectivity index (χ0v) is 15.5. The maximum absolute atomic E-state index is 12.2. The molecule has 0 aromatic heterocycles. The van der Waals surface area contributed by atoms with Crippen molar-refractivity contribution >= 4 is 20.0 Å². The van der Waals surface area contributed by atoms with E-state index in [1.54, 1.807) is 0 Å². The molecular formula is C14H28N2O4S2. The smallest absolute Gasteiger partial charge is 0.213 e. The van der Waals surface area contributed by atoms with Crippen LogP contribution in [0.3, 0.4) is 0 Å². The summed E-state index contributed by atoms with van der Waals surface area (Å²) in [6.07, 6.45) is 3.09. The van der Waals surface area contributed by atoms with E-state index < -0.39 is 20.0 Å². The van der Waals surface area contributed by atoms with E-state index >= 15 is 0 Å². The van der Waals surface area contributed by atoms with Crippen LogP contribution in [0.15, 0.2) is 0 Å². The van der Waals surface area contributed by atoms with Gasteiger partial charge in [-0.05, 0) is 42.9 Å². The third kappa shape index (κ3) is 3.20. The van der Waals surface area contributed by atoms with Gasteiger partial charge in [0.2, 0.25) is 20.0 Å². The van der Waals surface area contributed by atoms with E-state index in [2.05, 4.69) is 30.2 Å². The highest BCUT2D eigenvalue weighted by atomic mass is 32.2. The van der Waals surface area contributed by atoms with Crippen molar-refractivity contribution in [2.45, 2.75) is 53.0 Å². The van der Waals surface area contributed by atoms with Gasteiger partial charge >= 0.3 is 0 Å². The van der Waals surface area contributed by atoms with Gasteiger partial charge in [0, 0.05) is 12.6 Å². The van der Waals surface area contributed by atoms with Crippen LogP contribution in [0.4, 0.5) is 0 Å². The Morgan fingerprint density at radius 1 is 1.09 bits per heavy atom. The molecule has 2 bridgehead atoms. The third-order valence-corrected chi connectivity index (χ3v) is 8.98. The topological polar surface area (TPSA) is 92.3 Å². The Labute approximate surface area is 134 Å². The van der Waals surface area contributed by atoms with Gasteiger partial charge in [0.15, 0.2) is 0 Å². The molecule has 2 fully saturated rings. The fourth-order valence-electron chi connectivity index (χ4n) is 4.09. The minimum atomic E-state index is -3.48. The predicted octanol–water partition coefficient (Wildman–Crippen LogP) is 1.06. The Bertz CT molecular complexity index is 627. The van der Waals surface area contributed by atoms with Crippen molar-refractivity contribution in [3.05, 3.63) is 0 Å². The van der Waals surface area contributed by atoms with E-state index in [1.807, 2.05) is 0 Å². The van der Waals surface area contributed by atoms with Gasteiger partial charge in [0.05, 0.1) is 11.5 Å². The average Bonchev–Trinajstić information content (AvgIpc) is 2.71. The molecule has 0 radical (unpaired) electrons. The molecule has 0 spiro atoms. The summed E-state index contributed by atoms with van der Waals surface area (Å²) in [6, 6.07) is -0.0472. The van der Waals surface area contributed by atoms with Crippen LogP contribution in [0, 0.1) is 16.7 Å². The van der Waals surface area contributed by atoms with Crippen molar-refractivity contribution in [2.75, 3.05) is 18.1 Å². The summed E-state index contributed by atoms with van der Waals surface area (Å²) in [7, 11) is -6.83. The molecule has 0 aliphatic heterocycles. The molecule has 8 heteroatoms. The number of sulfonamides is 2. The molecule has 3 atom stereocenters. The summed E-state index contributed by atoms with van der Waals surface area (Å²) in [5, 5.41) is 0. The van der Waals surface area contributed by atoms with E-state index in [-0.39, 0.29) is 34.9 Å². The van der Waals surface area contributed by atoms with Crippen molar-refractivity contribution < 1.29 is 16.8 Å². The van der Waals surface area contributed by atoms with E-state index in [4.69, 9.17) is 0 Å². The molecule has 0 saturated heterocycles. The average molecular weight is 353 g/mol. The standard InChI is InChI=1S/C14H28N2O4S2/c1-5-21(17,18)15-8-9-22(19,20)16-12-10-11-6-7-14(12,4)13(11,2)3/h11-12,15-16H,5-10H2,1-4H3. The van der Waals surface area contributed by atoms with Crippen LogP contribution in [-0.2, 0) is 20.0 Å². The lowest BCUT2D eigenvalue weighted by Crippen LogP contribution is -2.48. The number of rotatable bonds is 7. The van der Waals surface area contributed by atoms with Crippen molar-refractivity contribution in [3.63, 3.8) is 0 Å². The Balaban J connectivity index is 1.96. The normalized spacial score (nSPS) is 34.2. The molecule has 2 aliphatic carbocycles. The van der Waals surface area contributed by atoms with E-state index in [1.165, 1.54) is 6.92 Å². The van der Waals surface area contributed by atoms with Crippen molar-refractivity contribution in [1.29, 1.82) is 0 Å². The predicted molar refractivity (Wildman–Crippen MR) is 87.4 cm³/mol. The minimum Gasteiger partial charge on any atom is -0.214 e. The Hall–Kier alpha value is -0.180. The first-order valence-electron chi connectivity index (χ1n) is 7.91. The van der Waals surface area contributed by atoms with Crippen LogP contribution in [0.25, 0.3) is 0 Å². The van der Waals surface area contributed by atoms with Crippen LogP contribution in [0.2, 0.25) is 0 Å². The highest BCUT2D eigenvalue weighted by Crippen LogP contribution is 2.65. The maximum atomic E-state index is 12.2. The van der Waals surface area contributed by atoms with Gasteiger partial charge in [-0.1, -0.05) is 20.8 Å². The largest absolute Gasteiger partial charge is 0.214 e. The quantitative estimate of drug-likeness (QED) is 0.716. The van der Waals surface area contributed by atoms with Gasteiger partial charge in [-0.2, -0.15) is 0 Å². The molecule has 0 heterocycles. The van der Waals surface area contributed by atoms with Crippen molar-refractivity contribution in [1.82, 2.24) is 9.44 Å². The van der Waals surface area contributed by atoms with Gasteiger partial charge in [0.25, 0.3) is 0 Å². The van der Waals surface area contributed by atoms with Crippen LogP contribution in [0.5, 0.6) is 0 Å². The van der Waals surface area contributed by atoms with Gasteiger partial charge in [-0.3, -0.25) is 0 Å². The summed E-state index contributed by atoms with van der Waals surface area (Å²) >= 11 is 0. The fraction of sp³-hybridized carbons (Fsp3) is 1.00. The summed E-state index contributed by atoms with van der Waals surface area (Å²) in [4.78, 5) is 0. The monoisotopic (exact) mass is 352 g/mol. The van der Waals surface area contributed by atoms with Crippen LogP contribution in [-0.4, -0.2) is 40.9 Å². The number of nitrogens with one attached hydrogen (secondary N) is 2. The zero-order valence-electron chi connectivity index (χ0n) is 13.8.